The van der Waals surface area contributed by atoms with Gasteiger partial charge in [0.25, 0.3) is 5.91 Å². The lowest BCUT2D eigenvalue weighted by Gasteiger charge is -2.14. The van der Waals surface area contributed by atoms with Crippen LogP contribution in [0.4, 0.5) is 17.2 Å². The number of aromatic nitrogens is 3. The number of aromatic amines is 1. The number of rotatable bonds is 3. The van der Waals surface area contributed by atoms with Crippen LogP contribution in [0.1, 0.15) is 27.4 Å². The first-order valence-electron chi connectivity index (χ1n) is 9.12. The SMILES string of the molecule is Nc1cc2c(cn1)NCC2c1cc(C(=O)Nc2cccc(Cl)c2)c2[nH]ncc2c1. The van der Waals surface area contributed by atoms with Crippen LogP contribution in [0.5, 0.6) is 0 Å². The lowest BCUT2D eigenvalue weighted by molar-refractivity contribution is 0.102. The van der Waals surface area contributed by atoms with E-state index in [0.717, 1.165) is 22.2 Å². The van der Waals surface area contributed by atoms with Gasteiger partial charge >= 0.3 is 0 Å². The molecule has 1 aliphatic heterocycles. The van der Waals surface area contributed by atoms with E-state index in [1.54, 1.807) is 36.7 Å². The number of fused-ring (bicyclic) bond motifs is 2. The first-order chi connectivity index (χ1) is 14.1. The molecule has 0 radical (unpaired) electrons. The van der Waals surface area contributed by atoms with Crippen molar-refractivity contribution in [3.63, 3.8) is 0 Å². The standard InChI is InChI=1S/C21H17ClN6O/c22-13-2-1-3-14(6-13)27-21(29)16-5-11(4-12-8-26-28-20(12)16)17-9-24-18-10-25-19(23)7-15(17)18/h1-8,10,17,24H,9H2,(H2,23,25)(H,26,28)(H,27,29). The summed E-state index contributed by atoms with van der Waals surface area (Å²) >= 11 is 6.03. The fourth-order valence-electron chi connectivity index (χ4n) is 3.77. The Hall–Kier alpha value is -3.58. The molecule has 29 heavy (non-hydrogen) atoms. The summed E-state index contributed by atoms with van der Waals surface area (Å²) in [7, 11) is 0. The number of nitrogens with zero attached hydrogens (tertiary/aromatic N) is 2. The quantitative estimate of drug-likeness (QED) is 0.412. The number of H-pyrrole nitrogens is 1. The number of hydrogen-bond acceptors (Lipinski definition) is 5. The molecule has 0 fully saturated rings. The Kier molecular flexibility index (Phi) is 4.10. The summed E-state index contributed by atoms with van der Waals surface area (Å²) in [6.45, 7) is 0.708. The second kappa shape index (κ2) is 6.79. The maximum atomic E-state index is 13.1. The molecule has 8 heteroatoms. The van der Waals surface area contributed by atoms with E-state index in [1.165, 1.54) is 0 Å². The zero-order chi connectivity index (χ0) is 20.0. The Balaban J connectivity index is 1.56. The van der Waals surface area contributed by atoms with Crippen molar-refractivity contribution in [2.24, 2.45) is 0 Å². The van der Waals surface area contributed by atoms with Gasteiger partial charge in [-0.15, -0.1) is 0 Å². The van der Waals surface area contributed by atoms with Gasteiger partial charge in [0.05, 0.1) is 29.2 Å². The number of anilines is 3. The van der Waals surface area contributed by atoms with E-state index < -0.39 is 0 Å². The van der Waals surface area contributed by atoms with Crippen molar-refractivity contribution in [2.45, 2.75) is 5.92 Å². The van der Waals surface area contributed by atoms with Gasteiger partial charge in [-0.25, -0.2) is 4.98 Å². The molecule has 7 nitrogen and oxygen atoms in total. The molecule has 4 aromatic rings. The highest BCUT2D eigenvalue weighted by atomic mass is 35.5. The summed E-state index contributed by atoms with van der Waals surface area (Å²) < 4.78 is 0. The molecular weight excluding hydrogens is 388 g/mol. The molecular formula is C21H17ClN6O. The van der Waals surface area contributed by atoms with E-state index in [0.29, 0.717) is 34.2 Å². The summed E-state index contributed by atoms with van der Waals surface area (Å²) in [5, 5.41) is 14.7. The summed E-state index contributed by atoms with van der Waals surface area (Å²) in [4.78, 5) is 17.2. The highest BCUT2D eigenvalue weighted by molar-refractivity contribution is 6.31. The molecule has 5 rings (SSSR count). The number of hydrogen-bond donors (Lipinski definition) is 4. The van der Waals surface area contributed by atoms with E-state index in [1.807, 2.05) is 18.2 Å². The van der Waals surface area contributed by atoms with E-state index in [2.05, 4.69) is 25.8 Å². The zero-order valence-corrected chi connectivity index (χ0v) is 16.0. The second-order valence-corrected chi connectivity index (χ2v) is 7.43. The van der Waals surface area contributed by atoms with Crippen molar-refractivity contribution >= 4 is 45.6 Å². The van der Waals surface area contributed by atoms with Gasteiger partial charge in [0.1, 0.15) is 5.82 Å². The Morgan fingerprint density at radius 3 is 2.97 bits per heavy atom. The molecule has 0 spiro atoms. The van der Waals surface area contributed by atoms with Crippen molar-refractivity contribution in [1.29, 1.82) is 0 Å². The predicted octanol–water partition coefficient (Wildman–Crippen LogP) is 4.00. The lowest BCUT2D eigenvalue weighted by atomic mass is 9.91. The summed E-state index contributed by atoms with van der Waals surface area (Å²) in [5.41, 5.74) is 10.8. The zero-order valence-electron chi connectivity index (χ0n) is 15.2. The van der Waals surface area contributed by atoms with Gasteiger partial charge in [0.2, 0.25) is 0 Å². The molecule has 3 heterocycles. The lowest BCUT2D eigenvalue weighted by Crippen LogP contribution is -2.14. The van der Waals surface area contributed by atoms with Crippen LogP contribution in [0.15, 0.2) is 54.9 Å². The molecule has 2 aromatic heterocycles. The topological polar surface area (TPSA) is 109 Å². The van der Waals surface area contributed by atoms with Gasteiger partial charge in [0, 0.05) is 28.6 Å². The fourth-order valence-corrected chi connectivity index (χ4v) is 3.96. The molecule has 1 atom stereocenters. The van der Waals surface area contributed by atoms with Crippen molar-refractivity contribution in [3.8, 4) is 0 Å². The van der Waals surface area contributed by atoms with Crippen LogP contribution >= 0.6 is 11.6 Å². The number of nitrogens with one attached hydrogen (secondary N) is 3. The minimum atomic E-state index is -0.233. The van der Waals surface area contributed by atoms with Crippen LogP contribution in [0, 0.1) is 0 Å². The minimum Gasteiger partial charge on any atom is -0.384 e. The van der Waals surface area contributed by atoms with E-state index in [4.69, 9.17) is 17.3 Å². The van der Waals surface area contributed by atoms with Gasteiger partial charge in [-0.05, 0) is 47.5 Å². The molecule has 0 saturated carbocycles. The van der Waals surface area contributed by atoms with Crippen LogP contribution in [-0.4, -0.2) is 27.6 Å². The van der Waals surface area contributed by atoms with Crippen LogP contribution in [0.2, 0.25) is 5.02 Å². The number of halogens is 1. The summed E-state index contributed by atoms with van der Waals surface area (Å²) in [5.74, 6) is 0.303. The van der Waals surface area contributed by atoms with Gasteiger partial charge in [-0.1, -0.05) is 17.7 Å². The monoisotopic (exact) mass is 404 g/mol. The molecule has 2 aromatic carbocycles. The maximum absolute atomic E-state index is 13.1. The van der Waals surface area contributed by atoms with Crippen LogP contribution in [-0.2, 0) is 0 Å². The van der Waals surface area contributed by atoms with Crippen molar-refractivity contribution in [1.82, 2.24) is 15.2 Å². The number of benzene rings is 2. The Bertz CT molecular complexity index is 1250. The summed E-state index contributed by atoms with van der Waals surface area (Å²) in [6, 6.07) is 12.9. The minimum absolute atomic E-state index is 0.0623. The number of nitrogen functional groups attached to an aromatic ring is 1. The third-order valence-electron chi connectivity index (χ3n) is 5.13. The second-order valence-electron chi connectivity index (χ2n) is 7.00. The number of pyridine rings is 1. The smallest absolute Gasteiger partial charge is 0.257 e. The van der Waals surface area contributed by atoms with Crippen molar-refractivity contribution in [2.75, 3.05) is 22.9 Å². The van der Waals surface area contributed by atoms with Gasteiger partial charge in [0.15, 0.2) is 0 Å². The van der Waals surface area contributed by atoms with E-state index in [9.17, 15) is 4.79 Å². The molecule has 5 N–H and O–H groups in total. The number of carbonyl (C=O) groups is 1. The third-order valence-corrected chi connectivity index (χ3v) is 5.36. The molecule has 0 saturated heterocycles. The number of amides is 1. The summed E-state index contributed by atoms with van der Waals surface area (Å²) in [6.07, 6.45) is 3.47. The van der Waals surface area contributed by atoms with Crippen LogP contribution in [0.25, 0.3) is 10.9 Å². The van der Waals surface area contributed by atoms with Gasteiger partial charge in [-0.3, -0.25) is 9.89 Å². The van der Waals surface area contributed by atoms with Crippen molar-refractivity contribution < 1.29 is 4.79 Å². The number of nitrogens with two attached hydrogens (primary N) is 1. The largest absolute Gasteiger partial charge is 0.384 e. The molecule has 0 bridgehead atoms. The third kappa shape index (κ3) is 3.15. The average Bonchev–Trinajstić information content (AvgIpc) is 3.33. The van der Waals surface area contributed by atoms with E-state index in [-0.39, 0.29) is 11.8 Å². The van der Waals surface area contributed by atoms with Crippen LogP contribution in [0.3, 0.4) is 0 Å². The predicted molar refractivity (Wildman–Crippen MR) is 114 cm³/mol. The highest BCUT2D eigenvalue weighted by Gasteiger charge is 2.26. The Morgan fingerprint density at radius 2 is 2.10 bits per heavy atom. The highest BCUT2D eigenvalue weighted by Crippen LogP contribution is 2.38. The molecule has 1 unspecified atom stereocenters. The van der Waals surface area contributed by atoms with E-state index >= 15 is 0 Å². The first-order valence-corrected chi connectivity index (χ1v) is 9.49. The van der Waals surface area contributed by atoms with Gasteiger partial charge in [-0.2, -0.15) is 5.10 Å². The van der Waals surface area contributed by atoms with Crippen molar-refractivity contribution in [3.05, 3.63) is 76.6 Å². The number of carbonyl (C=O) groups excluding carboxylic acids is 1. The molecule has 1 amide bonds. The average molecular weight is 405 g/mol. The maximum Gasteiger partial charge on any atom is 0.257 e. The van der Waals surface area contributed by atoms with Crippen LogP contribution < -0.4 is 16.4 Å². The molecule has 1 aliphatic rings. The normalized spacial score (nSPS) is 15.1. The molecule has 144 valence electrons. The Labute approximate surface area is 171 Å². The first kappa shape index (κ1) is 17.5. The fraction of sp³-hybridized carbons (Fsp3) is 0.0952. The Morgan fingerprint density at radius 1 is 1.21 bits per heavy atom. The van der Waals surface area contributed by atoms with Gasteiger partial charge < -0.3 is 16.4 Å². The molecule has 0 aliphatic carbocycles.